The van der Waals surface area contributed by atoms with E-state index in [0.717, 1.165) is 0 Å². The lowest BCUT2D eigenvalue weighted by atomic mass is 10.1. The van der Waals surface area contributed by atoms with Crippen LogP contribution in [-0.2, 0) is 0 Å². The van der Waals surface area contributed by atoms with Crippen molar-refractivity contribution in [3.8, 4) is 11.9 Å². The number of rotatable bonds is 4. The molecule has 1 fully saturated rings. The van der Waals surface area contributed by atoms with Crippen LogP contribution in [-0.4, -0.2) is 39.9 Å². The number of hydrogen-bond donors (Lipinski definition) is 0. The number of ether oxygens (including phenoxy) is 1. The van der Waals surface area contributed by atoms with Gasteiger partial charge in [-0.25, -0.2) is 4.98 Å². The van der Waals surface area contributed by atoms with Crippen molar-refractivity contribution in [2.45, 2.75) is 12.5 Å². The molecule has 25 heavy (non-hydrogen) atoms. The second kappa shape index (κ2) is 6.97. The molecule has 0 aliphatic carbocycles. The SMILES string of the molecule is N#Cc1ccnc(OC2CCN(C(=O)c3ccccc3[N+](=O)[O-])C2)c1. The first-order valence-corrected chi connectivity index (χ1v) is 7.64. The molecule has 0 saturated carbocycles. The Kier molecular flexibility index (Phi) is 4.57. The van der Waals surface area contributed by atoms with Crippen LogP contribution in [0.1, 0.15) is 22.3 Å². The minimum Gasteiger partial charge on any atom is -0.472 e. The number of pyridine rings is 1. The first kappa shape index (κ1) is 16.4. The number of amides is 1. The van der Waals surface area contributed by atoms with Gasteiger partial charge in [0.15, 0.2) is 0 Å². The number of para-hydroxylation sites is 1. The Morgan fingerprint density at radius 2 is 2.20 bits per heavy atom. The zero-order valence-electron chi connectivity index (χ0n) is 13.2. The van der Waals surface area contributed by atoms with Gasteiger partial charge in [-0.3, -0.25) is 14.9 Å². The summed E-state index contributed by atoms with van der Waals surface area (Å²) in [6.45, 7) is 0.747. The summed E-state index contributed by atoms with van der Waals surface area (Å²) in [7, 11) is 0. The van der Waals surface area contributed by atoms with E-state index >= 15 is 0 Å². The van der Waals surface area contributed by atoms with Crippen molar-refractivity contribution >= 4 is 11.6 Å². The van der Waals surface area contributed by atoms with Gasteiger partial charge in [0, 0.05) is 31.3 Å². The Morgan fingerprint density at radius 3 is 2.96 bits per heavy atom. The van der Waals surface area contributed by atoms with Crippen molar-refractivity contribution in [3.63, 3.8) is 0 Å². The molecule has 0 radical (unpaired) electrons. The molecule has 1 aliphatic heterocycles. The first-order chi connectivity index (χ1) is 12.1. The summed E-state index contributed by atoms with van der Waals surface area (Å²) < 4.78 is 5.72. The Bertz CT molecular complexity index is 862. The van der Waals surface area contributed by atoms with E-state index < -0.39 is 10.8 Å². The van der Waals surface area contributed by atoms with Crippen LogP contribution in [0.4, 0.5) is 5.69 Å². The van der Waals surface area contributed by atoms with Crippen LogP contribution in [0, 0.1) is 21.4 Å². The van der Waals surface area contributed by atoms with Gasteiger partial charge in [-0.05, 0) is 12.1 Å². The highest BCUT2D eigenvalue weighted by Gasteiger charge is 2.31. The van der Waals surface area contributed by atoms with Gasteiger partial charge in [0.1, 0.15) is 11.7 Å². The summed E-state index contributed by atoms with van der Waals surface area (Å²) in [5.74, 6) is -0.0684. The summed E-state index contributed by atoms with van der Waals surface area (Å²) in [5.41, 5.74) is 0.300. The van der Waals surface area contributed by atoms with Gasteiger partial charge in [0.25, 0.3) is 11.6 Å². The number of likely N-dealkylation sites (tertiary alicyclic amines) is 1. The number of nitriles is 1. The van der Waals surface area contributed by atoms with Gasteiger partial charge in [-0.15, -0.1) is 0 Å². The van der Waals surface area contributed by atoms with Crippen molar-refractivity contribution in [1.29, 1.82) is 5.26 Å². The molecule has 126 valence electrons. The molecule has 1 aliphatic rings. The first-order valence-electron chi connectivity index (χ1n) is 7.64. The van der Waals surface area contributed by atoms with Crippen LogP contribution in [0.2, 0.25) is 0 Å². The molecule has 2 aromatic rings. The predicted molar refractivity (Wildman–Crippen MR) is 87.0 cm³/mol. The molecule has 0 spiro atoms. The fraction of sp³-hybridized carbons (Fsp3) is 0.235. The Morgan fingerprint density at radius 1 is 1.40 bits per heavy atom. The number of benzene rings is 1. The highest BCUT2D eigenvalue weighted by atomic mass is 16.6. The Balaban J connectivity index is 1.69. The van der Waals surface area contributed by atoms with E-state index in [1.54, 1.807) is 12.1 Å². The third-order valence-electron chi connectivity index (χ3n) is 3.91. The van der Waals surface area contributed by atoms with E-state index in [-0.39, 0.29) is 17.4 Å². The van der Waals surface area contributed by atoms with E-state index in [4.69, 9.17) is 10.00 Å². The molecule has 2 heterocycles. The topological polar surface area (TPSA) is 109 Å². The van der Waals surface area contributed by atoms with Gasteiger partial charge < -0.3 is 9.64 Å². The summed E-state index contributed by atoms with van der Waals surface area (Å²) in [6, 6.07) is 11.0. The van der Waals surface area contributed by atoms with Gasteiger partial charge >= 0.3 is 0 Å². The standard InChI is InChI=1S/C17H14N4O4/c18-10-12-5-7-19-16(9-12)25-13-6-8-20(11-13)17(22)14-3-1-2-4-15(14)21(23)24/h1-5,7,9,13H,6,8,11H2. The van der Waals surface area contributed by atoms with E-state index in [0.29, 0.717) is 31.0 Å². The maximum Gasteiger partial charge on any atom is 0.282 e. The minimum atomic E-state index is -0.561. The van der Waals surface area contributed by atoms with Crippen LogP contribution in [0.15, 0.2) is 42.6 Å². The molecule has 1 amide bonds. The number of aromatic nitrogens is 1. The zero-order valence-corrected chi connectivity index (χ0v) is 13.2. The number of nitro benzene ring substituents is 1. The second-order valence-electron chi connectivity index (χ2n) is 5.55. The highest BCUT2D eigenvalue weighted by Crippen LogP contribution is 2.23. The van der Waals surface area contributed by atoms with Crippen molar-refractivity contribution in [2.24, 2.45) is 0 Å². The lowest BCUT2D eigenvalue weighted by molar-refractivity contribution is -0.385. The summed E-state index contributed by atoms with van der Waals surface area (Å²) >= 11 is 0. The smallest absolute Gasteiger partial charge is 0.282 e. The number of nitro groups is 1. The van der Waals surface area contributed by atoms with Gasteiger partial charge in [0.05, 0.1) is 23.1 Å². The van der Waals surface area contributed by atoms with E-state index in [1.807, 2.05) is 6.07 Å². The molecule has 1 unspecified atom stereocenters. The number of carbonyl (C=O) groups excluding carboxylic acids is 1. The van der Waals surface area contributed by atoms with Gasteiger partial charge in [-0.1, -0.05) is 12.1 Å². The molecule has 1 aromatic carbocycles. The molecule has 3 rings (SSSR count). The molecule has 8 nitrogen and oxygen atoms in total. The van der Waals surface area contributed by atoms with E-state index in [1.165, 1.54) is 35.4 Å². The number of nitrogens with zero attached hydrogens (tertiary/aromatic N) is 4. The zero-order chi connectivity index (χ0) is 17.8. The molecule has 0 N–H and O–H groups in total. The quantitative estimate of drug-likeness (QED) is 0.624. The maximum atomic E-state index is 12.6. The van der Waals surface area contributed by atoms with Crippen LogP contribution in [0.5, 0.6) is 5.88 Å². The van der Waals surface area contributed by atoms with E-state index in [2.05, 4.69) is 4.98 Å². The van der Waals surface area contributed by atoms with Gasteiger partial charge in [0.2, 0.25) is 5.88 Å². The van der Waals surface area contributed by atoms with Crippen molar-refractivity contribution in [3.05, 3.63) is 63.8 Å². The molecule has 1 aromatic heterocycles. The molecule has 1 atom stereocenters. The lowest BCUT2D eigenvalue weighted by Crippen LogP contribution is -2.31. The van der Waals surface area contributed by atoms with Crippen molar-refractivity contribution < 1.29 is 14.5 Å². The fourth-order valence-electron chi connectivity index (χ4n) is 2.71. The largest absolute Gasteiger partial charge is 0.472 e. The average molecular weight is 338 g/mol. The number of carbonyl (C=O) groups is 1. The van der Waals surface area contributed by atoms with Crippen LogP contribution >= 0.6 is 0 Å². The van der Waals surface area contributed by atoms with Crippen LogP contribution < -0.4 is 4.74 Å². The Labute approximate surface area is 143 Å². The van der Waals surface area contributed by atoms with Crippen molar-refractivity contribution in [1.82, 2.24) is 9.88 Å². The minimum absolute atomic E-state index is 0.0674. The molecule has 1 saturated heterocycles. The molecule has 8 heteroatoms. The highest BCUT2D eigenvalue weighted by molar-refractivity contribution is 5.98. The second-order valence-corrected chi connectivity index (χ2v) is 5.55. The van der Waals surface area contributed by atoms with Gasteiger partial charge in [-0.2, -0.15) is 5.26 Å². The third kappa shape index (κ3) is 3.55. The average Bonchev–Trinajstić information content (AvgIpc) is 3.09. The maximum absolute atomic E-state index is 12.6. The molecular weight excluding hydrogens is 324 g/mol. The summed E-state index contributed by atoms with van der Waals surface area (Å²) in [4.78, 5) is 28.7. The van der Waals surface area contributed by atoms with Crippen molar-refractivity contribution in [2.75, 3.05) is 13.1 Å². The monoisotopic (exact) mass is 338 g/mol. The summed E-state index contributed by atoms with van der Waals surface area (Å²) in [5, 5.41) is 20.0. The normalized spacial score (nSPS) is 16.3. The molecule has 0 bridgehead atoms. The lowest BCUT2D eigenvalue weighted by Gasteiger charge is -2.17. The fourth-order valence-corrected chi connectivity index (χ4v) is 2.71. The predicted octanol–water partition coefficient (Wildman–Crippen LogP) is 2.15. The van der Waals surface area contributed by atoms with Crippen LogP contribution in [0.3, 0.4) is 0 Å². The number of hydrogen-bond acceptors (Lipinski definition) is 6. The van der Waals surface area contributed by atoms with E-state index in [9.17, 15) is 14.9 Å². The van der Waals surface area contributed by atoms with Crippen LogP contribution in [0.25, 0.3) is 0 Å². The molecular formula is C17H14N4O4. The third-order valence-corrected chi connectivity index (χ3v) is 3.91. The Hall–Kier alpha value is -3.47. The summed E-state index contributed by atoms with van der Waals surface area (Å²) in [6.07, 6.45) is 1.80.